The summed E-state index contributed by atoms with van der Waals surface area (Å²) in [6.45, 7) is 5.49. The predicted molar refractivity (Wildman–Crippen MR) is 83.3 cm³/mol. The van der Waals surface area contributed by atoms with Gasteiger partial charge in [-0.1, -0.05) is 44.5 Å². The van der Waals surface area contributed by atoms with E-state index >= 15 is 0 Å². The zero-order valence-electron chi connectivity index (χ0n) is 13.0. The van der Waals surface area contributed by atoms with Crippen molar-refractivity contribution in [3.63, 3.8) is 0 Å². The molecule has 3 heteroatoms. The number of benzene rings is 1. The third-order valence-electron chi connectivity index (χ3n) is 5.20. The third kappa shape index (κ3) is 2.84. The van der Waals surface area contributed by atoms with E-state index < -0.39 is 12.0 Å². The number of carboxylic acid groups (broad SMARTS) is 1. The van der Waals surface area contributed by atoms with Gasteiger partial charge in [-0.15, -0.1) is 0 Å². The molecule has 1 aliphatic heterocycles. The molecule has 1 saturated carbocycles. The molecule has 1 aliphatic carbocycles. The van der Waals surface area contributed by atoms with Crippen LogP contribution in [0.15, 0.2) is 24.3 Å². The minimum absolute atomic E-state index is 0.336. The summed E-state index contributed by atoms with van der Waals surface area (Å²) < 4.78 is 0. The number of hydrogen-bond acceptors (Lipinski definition) is 2. The molecular formula is C18H25NO2. The lowest BCUT2D eigenvalue weighted by molar-refractivity contribution is -0.146. The van der Waals surface area contributed by atoms with Crippen molar-refractivity contribution in [2.75, 3.05) is 6.54 Å². The quantitative estimate of drug-likeness (QED) is 0.903. The zero-order valence-corrected chi connectivity index (χ0v) is 13.0. The number of carbonyl (C=O) groups is 1. The lowest BCUT2D eigenvalue weighted by atomic mass is 9.74. The van der Waals surface area contributed by atoms with Crippen LogP contribution < -0.4 is 0 Å². The monoisotopic (exact) mass is 287 g/mol. The highest BCUT2D eigenvalue weighted by atomic mass is 16.4. The van der Waals surface area contributed by atoms with Crippen molar-refractivity contribution in [1.29, 1.82) is 0 Å². The Labute approximate surface area is 127 Å². The van der Waals surface area contributed by atoms with Gasteiger partial charge in [-0.3, -0.25) is 9.69 Å². The molecule has 1 heterocycles. The second-order valence-corrected chi connectivity index (χ2v) is 7.34. The standard InChI is InChI=1S/C18H25NO2/c1-18(2)10-5-7-14(12-18)19-11-9-13-6-3-4-8-15(13)16(19)17(20)21/h3-4,6,8,14,16H,5,7,9-12H2,1-2H3,(H,20,21). The molecule has 1 fully saturated rings. The van der Waals surface area contributed by atoms with E-state index in [1.54, 1.807) is 0 Å². The molecule has 21 heavy (non-hydrogen) atoms. The van der Waals surface area contributed by atoms with Crippen LogP contribution in [0.5, 0.6) is 0 Å². The SMILES string of the molecule is CC1(C)CCCC(N2CCc3ccccc3C2C(=O)O)C1. The van der Waals surface area contributed by atoms with Gasteiger partial charge >= 0.3 is 5.97 Å². The highest BCUT2D eigenvalue weighted by Gasteiger charge is 2.40. The van der Waals surface area contributed by atoms with E-state index in [-0.39, 0.29) is 0 Å². The van der Waals surface area contributed by atoms with Crippen molar-refractivity contribution < 1.29 is 9.90 Å². The summed E-state index contributed by atoms with van der Waals surface area (Å²) in [5.41, 5.74) is 2.54. The molecule has 0 amide bonds. The molecule has 3 rings (SSSR count). The Morgan fingerprint density at radius 2 is 2.10 bits per heavy atom. The average Bonchev–Trinajstić information content (AvgIpc) is 2.44. The first kappa shape index (κ1) is 14.6. The average molecular weight is 287 g/mol. The fourth-order valence-electron chi connectivity index (χ4n) is 4.20. The lowest BCUT2D eigenvalue weighted by Gasteiger charge is -2.45. The predicted octanol–water partition coefficient (Wildman–Crippen LogP) is 3.64. The molecule has 1 aromatic rings. The van der Waals surface area contributed by atoms with Gasteiger partial charge in [-0.25, -0.2) is 0 Å². The van der Waals surface area contributed by atoms with Crippen LogP contribution in [0.1, 0.15) is 56.7 Å². The van der Waals surface area contributed by atoms with Crippen LogP contribution in [0.4, 0.5) is 0 Å². The van der Waals surface area contributed by atoms with E-state index in [0.717, 1.165) is 31.4 Å². The summed E-state index contributed by atoms with van der Waals surface area (Å²) in [5.74, 6) is -0.703. The molecule has 0 aromatic heterocycles. The van der Waals surface area contributed by atoms with Crippen LogP contribution in [-0.2, 0) is 11.2 Å². The fraction of sp³-hybridized carbons (Fsp3) is 0.611. The summed E-state index contributed by atoms with van der Waals surface area (Å²) in [7, 11) is 0. The summed E-state index contributed by atoms with van der Waals surface area (Å²) in [4.78, 5) is 14.1. The maximum Gasteiger partial charge on any atom is 0.325 e. The van der Waals surface area contributed by atoms with Gasteiger partial charge in [0.05, 0.1) is 0 Å². The number of nitrogens with zero attached hydrogens (tertiary/aromatic N) is 1. The molecule has 0 spiro atoms. The summed E-state index contributed by atoms with van der Waals surface area (Å²) in [5, 5.41) is 9.77. The van der Waals surface area contributed by atoms with Gasteiger partial charge in [0, 0.05) is 12.6 Å². The Morgan fingerprint density at radius 3 is 2.81 bits per heavy atom. The van der Waals surface area contributed by atoms with Gasteiger partial charge < -0.3 is 5.11 Å². The number of rotatable bonds is 2. The molecule has 2 unspecified atom stereocenters. The Hall–Kier alpha value is -1.35. The molecule has 0 saturated heterocycles. The van der Waals surface area contributed by atoms with Crippen LogP contribution >= 0.6 is 0 Å². The van der Waals surface area contributed by atoms with Crippen molar-refractivity contribution in [2.24, 2.45) is 5.41 Å². The molecule has 2 atom stereocenters. The van der Waals surface area contributed by atoms with E-state index in [1.165, 1.54) is 18.4 Å². The molecule has 0 radical (unpaired) electrons. The maximum absolute atomic E-state index is 11.9. The van der Waals surface area contributed by atoms with Crippen LogP contribution in [0, 0.1) is 5.41 Å². The van der Waals surface area contributed by atoms with Crippen LogP contribution in [0.25, 0.3) is 0 Å². The van der Waals surface area contributed by atoms with Crippen LogP contribution in [-0.4, -0.2) is 28.6 Å². The van der Waals surface area contributed by atoms with Gasteiger partial charge in [0.1, 0.15) is 6.04 Å². The van der Waals surface area contributed by atoms with Gasteiger partial charge in [-0.05, 0) is 42.2 Å². The summed E-state index contributed by atoms with van der Waals surface area (Å²) >= 11 is 0. The normalized spacial score (nSPS) is 28.9. The van der Waals surface area contributed by atoms with E-state index in [9.17, 15) is 9.90 Å². The topological polar surface area (TPSA) is 40.5 Å². The van der Waals surface area contributed by atoms with E-state index in [4.69, 9.17) is 0 Å². The lowest BCUT2D eigenvalue weighted by Crippen LogP contribution is -2.48. The van der Waals surface area contributed by atoms with Gasteiger partial charge in [-0.2, -0.15) is 0 Å². The first-order valence-electron chi connectivity index (χ1n) is 8.04. The highest BCUT2D eigenvalue weighted by Crippen LogP contribution is 2.41. The number of aliphatic carboxylic acids is 1. The van der Waals surface area contributed by atoms with E-state index in [1.807, 2.05) is 18.2 Å². The van der Waals surface area contributed by atoms with Crippen LogP contribution in [0.2, 0.25) is 0 Å². The third-order valence-corrected chi connectivity index (χ3v) is 5.20. The Kier molecular flexibility index (Phi) is 3.78. The zero-order chi connectivity index (χ0) is 15.0. The Morgan fingerprint density at radius 1 is 1.33 bits per heavy atom. The van der Waals surface area contributed by atoms with E-state index in [0.29, 0.717) is 11.5 Å². The largest absolute Gasteiger partial charge is 0.480 e. The van der Waals surface area contributed by atoms with E-state index in [2.05, 4.69) is 24.8 Å². The maximum atomic E-state index is 11.9. The molecule has 0 bridgehead atoms. The Balaban J connectivity index is 1.90. The first-order valence-corrected chi connectivity index (χ1v) is 8.04. The first-order chi connectivity index (χ1) is 9.98. The van der Waals surface area contributed by atoms with Gasteiger partial charge in [0.25, 0.3) is 0 Å². The van der Waals surface area contributed by atoms with Gasteiger partial charge in [0.15, 0.2) is 0 Å². The minimum atomic E-state index is -0.703. The number of fused-ring (bicyclic) bond motifs is 1. The van der Waals surface area contributed by atoms with Crippen molar-refractivity contribution >= 4 is 5.97 Å². The van der Waals surface area contributed by atoms with Gasteiger partial charge in [0.2, 0.25) is 0 Å². The summed E-state index contributed by atoms with van der Waals surface area (Å²) in [6, 6.07) is 7.99. The summed E-state index contributed by atoms with van der Waals surface area (Å²) in [6.07, 6.45) is 5.68. The molecule has 2 aliphatic rings. The molecule has 3 nitrogen and oxygen atoms in total. The minimum Gasteiger partial charge on any atom is -0.480 e. The van der Waals surface area contributed by atoms with Crippen molar-refractivity contribution in [1.82, 2.24) is 4.90 Å². The second-order valence-electron chi connectivity index (χ2n) is 7.34. The van der Waals surface area contributed by atoms with Crippen molar-refractivity contribution in [3.8, 4) is 0 Å². The molecular weight excluding hydrogens is 262 g/mol. The number of carboxylic acids is 1. The fourth-order valence-corrected chi connectivity index (χ4v) is 4.20. The second kappa shape index (κ2) is 5.45. The molecule has 1 aromatic carbocycles. The highest BCUT2D eigenvalue weighted by molar-refractivity contribution is 5.76. The van der Waals surface area contributed by atoms with Crippen molar-refractivity contribution in [2.45, 2.75) is 58.0 Å². The molecule has 1 N–H and O–H groups in total. The number of hydrogen-bond donors (Lipinski definition) is 1. The molecule has 114 valence electrons. The smallest absolute Gasteiger partial charge is 0.325 e. The van der Waals surface area contributed by atoms with Crippen molar-refractivity contribution in [3.05, 3.63) is 35.4 Å². The van der Waals surface area contributed by atoms with Crippen LogP contribution in [0.3, 0.4) is 0 Å². The Bertz CT molecular complexity index is 538.